The summed E-state index contributed by atoms with van der Waals surface area (Å²) in [5, 5.41) is 5.31. The predicted molar refractivity (Wildman–Crippen MR) is 72.6 cm³/mol. The Morgan fingerprint density at radius 2 is 1.90 bits per heavy atom. The Bertz CT molecular complexity index is 504. The van der Waals surface area contributed by atoms with Gasteiger partial charge in [-0.2, -0.15) is 13.2 Å². The molecule has 0 saturated heterocycles. The number of nitrogens with zero attached hydrogens (tertiary/aromatic N) is 2. The van der Waals surface area contributed by atoms with Crippen LogP contribution in [0, 0.1) is 5.92 Å². The van der Waals surface area contributed by atoms with Crippen molar-refractivity contribution in [1.29, 1.82) is 0 Å². The van der Waals surface area contributed by atoms with Crippen molar-refractivity contribution in [3.05, 3.63) is 11.9 Å². The first-order valence-corrected chi connectivity index (χ1v) is 6.41. The third kappa shape index (κ3) is 4.76. The van der Waals surface area contributed by atoms with Crippen molar-refractivity contribution in [1.82, 2.24) is 9.97 Å². The van der Waals surface area contributed by atoms with Gasteiger partial charge in [0.2, 0.25) is 11.7 Å². The lowest BCUT2D eigenvalue weighted by atomic mass is 10.0. The number of alkyl halides is 3. The number of hydrogen-bond acceptors (Lipinski definition) is 5. The van der Waals surface area contributed by atoms with Gasteiger partial charge in [0, 0.05) is 12.6 Å². The highest BCUT2D eigenvalue weighted by molar-refractivity contribution is 5.83. The van der Waals surface area contributed by atoms with Crippen molar-refractivity contribution in [3.8, 4) is 0 Å². The number of carbonyl (C=O) groups is 1. The van der Waals surface area contributed by atoms with Crippen LogP contribution < -0.4 is 16.4 Å². The van der Waals surface area contributed by atoms with Crippen LogP contribution in [0.15, 0.2) is 6.07 Å². The van der Waals surface area contributed by atoms with E-state index in [0.29, 0.717) is 6.54 Å². The Morgan fingerprint density at radius 1 is 1.33 bits per heavy atom. The van der Waals surface area contributed by atoms with Gasteiger partial charge in [0.1, 0.15) is 17.7 Å². The van der Waals surface area contributed by atoms with Crippen molar-refractivity contribution < 1.29 is 18.0 Å². The van der Waals surface area contributed by atoms with Crippen molar-refractivity contribution in [2.45, 2.75) is 33.0 Å². The summed E-state index contributed by atoms with van der Waals surface area (Å²) < 4.78 is 38.3. The van der Waals surface area contributed by atoms with Crippen LogP contribution in [0.1, 0.15) is 26.6 Å². The molecular weight excluding hydrogens is 287 g/mol. The topological polar surface area (TPSA) is 92.9 Å². The van der Waals surface area contributed by atoms with Gasteiger partial charge in [-0.05, 0) is 12.8 Å². The average molecular weight is 305 g/mol. The van der Waals surface area contributed by atoms with E-state index in [4.69, 9.17) is 5.73 Å². The molecule has 1 rings (SSSR count). The van der Waals surface area contributed by atoms with Gasteiger partial charge in [-0.25, -0.2) is 9.97 Å². The van der Waals surface area contributed by atoms with E-state index in [2.05, 4.69) is 20.6 Å². The van der Waals surface area contributed by atoms with Gasteiger partial charge in [-0.15, -0.1) is 0 Å². The quantitative estimate of drug-likeness (QED) is 0.746. The summed E-state index contributed by atoms with van der Waals surface area (Å²) in [6.07, 6.45) is -4.68. The minimum absolute atomic E-state index is 0.0225. The summed E-state index contributed by atoms with van der Waals surface area (Å²) in [6.45, 7) is 5.57. The third-order valence-electron chi connectivity index (χ3n) is 2.61. The molecule has 0 saturated carbocycles. The first-order valence-electron chi connectivity index (χ1n) is 6.41. The Balaban J connectivity index is 3.16. The normalized spacial score (nSPS) is 13.1. The maximum atomic E-state index is 12.8. The van der Waals surface area contributed by atoms with E-state index in [1.165, 1.54) is 6.07 Å². The molecule has 1 amide bonds. The summed E-state index contributed by atoms with van der Waals surface area (Å²) in [5.74, 6) is -2.23. The zero-order chi connectivity index (χ0) is 16.2. The number of amides is 1. The van der Waals surface area contributed by atoms with E-state index in [-0.39, 0.29) is 17.6 Å². The third-order valence-corrected chi connectivity index (χ3v) is 2.61. The van der Waals surface area contributed by atoms with Crippen LogP contribution in [0.5, 0.6) is 0 Å². The summed E-state index contributed by atoms with van der Waals surface area (Å²) in [4.78, 5) is 18.1. The molecule has 1 aromatic heterocycles. The summed E-state index contributed by atoms with van der Waals surface area (Å²) >= 11 is 0. The second-order valence-electron chi connectivity index (χ2n) is 4.76. The molecule has 0 fully saturated rings. The lowest BCUT2D eigenvalue weighted by molar-refractivity contribution is -0.144. The highest BCUT2D eigenvalue weighted by atomic mass is 19.4. The lowest BCUT2D eigenvalue weighted by Crippen LogP contribution is -2.40. The average Bonchev–Trinajstić information content (AvgIpc) is 2.34. The number of nitrogens with two attached hydrogens (primary N) is 1. The molecule has 0 aliphatic carbocycles. The van der Waals surface area contributed by atoms with Gasteiger partial charge in [0.25, 0.3) is 0 Å². The van der Waals surface area contributed by atoms with Crippen LogP contribution in [0.2, 0.25) is 0 Å². The van der Waals surface area contributed by atoms with Crippen molar-refractivity contribution in [3.63, 3.8) is 0 Å². The van der Waals surface area contributed by atoms with Gasteiger partial charge in [0.15, 0.2) is 0 Å². The van der Waals surface area contributed by atoms with Crippen molar-refractivity contribution in [2.24, 2.45) is 11.7 Å². The Morgan fingerprint density at radius 3 is 2.33 bits per heavy atom. The molecule has 1 aromatic rings. The SMILES string of the molecule is CCNc1cc(NC(C(N)=O)C(C)C)nc(C(F)(F)F)n1. The summed E-state index contributed by atoms with van der Waals surface area (Å²) in [6, 6.07) is 0.479. The minimum Gasteiger partial charge on any atom is -0.370 e. The molecule has 9 heteroatoms. The number of primary amides is 1. The second kappa shape index (κ2) is 6.59. The van der Waals surface area contributed by atoms with Crippen LogP contribution in [-0.2, 0) is 11.0 Å². The first-order chi connectivity index (χ1) is 9.65. The van der Waals surface area contributed by atoms with Crippen LogP contribution in [0.4, 0.5) is 24.8 Å². The smallest absolute Gasteiger partial charge is 0.370 e. The number of hydrogen-bond donors (Lipinski definition) is 3. The molecule has 1 unspecified atom stereocenters. The van der Waals surface area contributed by atoms with Crippen molar-refractivity contribution in [2.75, 3.05) is 17.2 Å². The molecule has 118 valence electrons. The Kier molecular flexibility index (Phi) is 5.34. The standard InChI is InChI=1S/C12H18F3N5O/c1-4-17-7-5-8(18-9(6(2)3)10(16)21)20-11(19-7)12(13,14)15/h5-6,9H,4H2,1-3H3,(H2,16,21)(H2,17,18,19,20). The van der Waals surface area contributed by atoms with Gasteiger partial charge in [-0.3, -0.25) is 4.79 Å². The number of carbonyl (C=O) groups excluding carboxylic acids is 1. The number of nitrogens with one attached hydrogen (secondary N) is 2. The van der Waals surface area contributed by atoms with Crippen LogP contribution in [0.3, 0.4) is 0 Å². The van der Waals surface area contributed by atoms with E-state index in [9.17, 15) is 18.0 Å². The highest BCUT2D eigenvalue weighted by Crippen LogP contribution is 2.28. The van der Waals surface area contributed by atoms with Crippen LogP contribution >= 0.6 is 0 Å². The van der Waals surface area contributed by atoms with Gasteiger partial charge in [-0.1, -0.05) is 13.8 Å². The van der Waals surface area contributed by atoms with Gasteiger partial charge >= 0.3 is 6.18 Å². The number of rotatable bonds is 6. The van der Waals surface area contributed by atoms with E-state index >= 15 is 0 Å². The van der Waals surface area contributed by atoms with Crippen molar-refractivity contribution >= 4 is 17.5 Å². The largest absolute Gasteiger partial charge is 0.451 e. The molecule has 1 heterocycles. The summed E-state index contributed by atoms with van der Waals surface area (Å²) in [7, 11) is 0. The Hall–Kier alpha value is -2.06. The lowest BCUT2D eigenvalue weighted by Gasteiger charge is -2.20. The molecule has 1 atom stereocenters. The fourth-order valence-corrected chi connectivity index (χ4v) is 1.65. The zero-order valence-corrected chi connectivity index (χ0v) is 12.0. The second-order valence-corrected chi connectivity index (χ2v) is 4.76. The molecule has 0 radical (unpaired) electrons. The number of halogens is 3. The molecule has 0 aliphatic rings. The number of aromatic nitrogens is 2. The van der Waals surface area contributed by atoms with E-state index < -0.39 is 23.9 Å². The monoisotopic (exact) mass is 305 g/mol. The maximum Gasteiger partial charge on any atom is 0.451 e. The fraction of sp³-hybridized carbons (Fsp3) is 0.583. The highest BCUT2D eigenvalue weighted by Gasteiger charge is 2.35. The van der Waals surface area contributed by atoms with Gasteiger partial charge in [0.05, 0.1) is 0 Å². The minimum atomic E-state index is -4.68. The van der Waals surface area contributed by atoms with E-state index in [1.807, 2.05) is 0 Å². The van der Waals surface area contributed by atoms with Crippen LogP contribution in [0.25, 0.3) is 0 Å². The predicted octanol–water partition coefficient (Wildman–Crippen LogP) is 1.85. The maximum absolute atomic E-state index is 12.8. The molecule has 21 heavy (non-hydrogen) atoms. The van der Waals surface area contributed by atoms with E-state index in [1.54, 1.807) is 20.8 Å². The number of anilines is 2. The summed E-state index contributed by atoms with van der Waals surface area (Å²) in [5.41, 5.74) is 5.22. The molecule has 0 aromatic carbocycles. The molecule has 4 N–H and O–H groups in total. The molecule has 0 bridgehead atoms. The molecule has 6 nitrogen and oxygen atoms in total. The Labute approximate surface area is 120 Å². The molecule has 0 spiro atoms. The fourth-order valence-electron chi connectivity index (χ4n) is 1.65. The van der Waals surface area contributed by atoms with E-state index in [0.717, 1.165) is 0 Å². The molecule has 0 aliphatic heterocycles. The van der Waals surface area contributed by atoms with Crippen LogP contribution in [-0.4, -0.2) is 28.5 Å². The molecular formula is C12H18F3N5O. The zero-order valence-electron chi connectivity index (χ0n) is 12.0. The first kappa shape index (κ1) is 17.0. The van der Waals surface area contributed by atoms with Gasteiger partial charge < -0.3 is 16.4 Å².